The molecule has 132 valence electrons. The van der Waals surface area contributed by atoms with E-state index in [0.29, 0.717) is 12.1 Å². The Hall–Kier alpha value is -1.04. The molecule has 3 N–H and O–H groups in total. The van der Waals surface area contributed by atoms with E-state index in [1.54, 1.807) is 6.20 Å². The van der Waals surface area contributed by atoms with Gasteiger partial charge in [-0.1, -0.05) is 12.8 Å². The van der Waals surface area contributed by atoms with Crippen LogP contribution in [0.1, 0.15) is 49.4 Å². The van der Waals surface area contributed by atoms with Crippen LogP contribution in [0, 0.1) is 0 Å². The Bertz CT molecular complexity index is 446. The van der Waals surface area contributed by atoms with Crippen molar-refractivity contribution in [2.45, 2.75) is 45.1 Å². The number of rotatable bonds is 5. The van der Waals surface area contributed by atoms with Gasteiger partial charge in [-0.15, -0.1) is 24.8 Å². The highest BCUT2D eigenvalue weighted by molar-refractivity contribution is 5.94. The van der Waals surface area contributed by atoms with E-state index in [9.17, 15) is 4.79 Å². The predicted octanol–water partition coefficient (Wildman–Crippen LogP) is 2.77. The largest absolute Gasteiger partial charge is 0.357 e. The molecule has 5 nitrogen and oxygen atoms in total. The number of nitrogens with zero attached hydrogens (tertiary/aromatic N) is 2. The summed E-state index contributed by atoms with van der Waals surface area (Å²) >= 11 is 0. The van der Waals surface area contributed by atoms with Crippen LogP contribution in [0.5, 0.6) is 0 Å². The fraction of sp³-hybridized carbons (Fsp3) is 0.625. The molecule has 0 spiro atoms. The molecule has 1 aliphatic heterocycles. The fourth-order valence-electron chi connectivity index (χ4n) is 2.52. The molecule has 23 heavy (non-hydrogen) atoms. The van der Waals surface area contributed by atoms with Crippen molar-refractivity contribution in [3.8, 4) is 0 Å². The summed E-state index contributed by atoms with van der Waals surface area (Å²) in [5.74, 6) is 0.898. The summed E-state index contributed by atoms with van der Waals surface area (Å²) in [4.78, 5) is 18.7. The summed E-state index contributed by atoms with van der Waals surface area (Å²) < 4.78 is 0. The first-order chi connectivity index (χ1) is 10.2. The summed E-state index contributed by atoms with van der Waals surface area (Å²) in [7, 11) is 0. The predicted molar refractivity (Wildman–Crippen MR) is 100 cm³/mol. The number of carbonyl (C=O) groups is 1. The Morgan fingerprint density at radius 1 is 1.26 bits per heavy atom. The minimum Gasteiger partial charge on any atom is -0.357 e. The molecule has 0 aromatic carbocycles. The second-order valence-electron chi connectivity index (χ2n) is 5.83. The number of nitrogens with one attached hydrogen (secondary N) is 1. The van der Waals surface area contributed by atoms with Gasteiger partial charge in [0.15, 0.2) is 0 Å². The molecule has 0 bridgehead atoms. The number of aromatic nitrogens is 1. The van der Waals surface area contributed by atoms with Crippen molar-refractivity contribution in [2.24, 2.45) is 5.73 Å². The molecule has 1 aliphatic rings. The number of carbonyl (C=O) groups excluding carboxylic acids is 1. The van der Waals surface area contributed by atoms with Gasteiger partial charge >= 0.3 is 0 Å². The van der Waals surface area contributed by atoms with Crippen molar-refractivity contribution in [1.82, 2.24) is 10.3 Å². The molecule has 1 atom stereocenters. The molecule has 1 aromatic heterocycles. The lowest BCUT2D eigenvalue weighted by Gasteiger charge is -2.21. The first-order valence-electron chi connectivity index (χ1n) is 7.91. The molecule has 7 heteroatoms. The van der Waals surface area contributed by atoms with Crippen LogP contribution < -0.4 is 16.0 Å². The maximum atomic E-state index is 12.0. The van der Waals surface area contributed by atoms with Crippen molar-refractivity contribution in [3.63, 3.8) is 0 Å². The summed E-state index contributed by atoms with van der Waals surface area (Å²) in [6.45, 7) is 4.66. The molecule has 0 radical (unpaired) electrons. The molecule has 1 amide bonds. The number of halogens is 2. The van der Waals surface area contributed by atoms with E-state index in [1.807, 2.05) is 19.1 Å². The topological polar surface area (TPSA) is 71.2 Å². The van der Waals surface area contributed by atoms with Gasteiger partial charge in [-0.25, -0.2) is 4.98 Å². The normalized spacial score (nSPS) is 15.7. The maximum Gasteiger partial charge on any atom is 0.252 e. The minimum atomic E-state index is -0.0782. The second-order valence-corrected chi connectivity index (χ2v) is 5.83. The zero-order chi connectivity index (χ0) is 15.1. The number of nitrogens with two attached hydrogens (primary N) is 1. The molecule has 1 saturated heterocycles. The minimum absolute atomic E-state index is 0. The van der Waals surface area contributed by atoms with E-state index in [-0.39, 0.29) is 36.8 Å². The third-order valence-electron chi connectivity index (χ3n) is 3.83. The third-order valence-corrected chi connectivity index (χ3v) is 3.83. The molecule has 1 unspecified atom stereocenters. The molecule has 2 heterocycles. The van der Waals surface area contributed by atoms with E-state index in [2.05, 4.69) is 15.2 Å². The Balaban J connectivity index is 0.00000242. The highest BCUT2D eigenvalue weighted by Gasteiger charge is 2.12. The standard InChI is InChI=1S/C16H26N4O.2ClH/c1-13(17)8-9-18-16(21)14-6-7-15(19-12-14)20-10-4-2-3-5-11-20;;/h6-7,12-13H,2-5,8-11,17H2,1H3,(H,18,21);2*1H. The summed E-state index contributed by atoms with van der Waals surface area (Å²) in [6, 6.07) is 3.91. The molecule has 0 aliphatic carbocycles. The van der Waals surface area contributed by atoms with Gasteiger partial charge in [0.05, 0.1) is 5.56 Å². The average Bonchev–Trinajstić information content (AvgIpc) is 2.76. The molecular formula is C16H28Cl2N4O. The lowest BCUT2D eigenvalue weighted by atomic mass is 10.2. The Labute approximate surface area is 151 Å². The van der Waals surface area contributed by atoms with Crippen LogP contribution >= 0.6 is 24.8 Å². The fourth-order valence-corrected chi connectivity index (χ4v) is 2.52. The average molecular weight is 363 g/mol. The lowest BCUT2D eigenvalue weighted by molar-refractivity contribution is 0.0952. The van der Waals surface area contributed by atoms with Crippen LogP contribution in [-0.2, 0) is 0 Å². The van der Waals surface area contributed by atoms with Crippen LogP contribution in [0.3, 0.4) is 0 Å². The van der Waals surface area contributed by atoms with Crippen molar-refractivity contribution in [3.05, 3.63) is 23.9 Å². The highest BCUT2D eigenvalue weighted by Crippen LogP contribution is 2.17. The SMILES string of the molecule is CC(N)CCNC(=O)c1ccc(N2CCCCCC2)nc1.Cl.Cl. The van der Waals surface area contributed by atoms with Gasteiger partial charge in [0, 0.05) is 31.9 Å². The van der Waals surface area contributed by atoms with Crippen molar-refractivity contribution in [2.75, 3.05) is 24.5 Å². The number of hydrogen-bond donors (Lipinski definition) is 2. The van der Waals surface area contributed by atoms with Gasteiger partial charge in [0.25, 0.3) is 5.91 Å². The summed E-state index contributed by atoms with van der Waals surface area (Å²) in [5, 5.41) is 2.87. The lowest BCUT2D eigenvalue weighted by Crippen LogP contribution is -2.29. The van der Waals surface area contributed by atoms with Crippen LogP contribution in [0.2, 0.25) is 0 Å². The van der Waals surface area contributed by atoms with Gasteiger partial charge in [0.2, 0.25) is 0 Å². The quantitative estimate of drug-likeness (QED) is 0.844. The smallest absolute Gasteiger partial charge is 0.252 e. The zero-order valence-corrected chi connectivity index (χ0v) is 15.3. The van der Waals surface area contributed by atoms with Gasteiger partial charge < -0.3 is 16.0 Å². The number of anilines is 1. The van der Waals surface area contributed by atoms with Crippen molar-refractivity contribution in [1.29, 1.82) is 0 Å². The van der Waals surface area contributed by atoms with Crippen molar-refractivity contribution < 1.29 is 4.79 Å². The van der Waals surface area contributed by atoms with E-state index >= 15 is 0 Å². The van der Waals surface area contributed by atoms with E-state index < -0.39 is 0 Å². The summed E-state index contributed by atoms with van der Waals surface area (Å²) in [5.41, 5.74) is 6.27. The van der Waals surface area contributed by atoms with Gasteiger partial charge in [-0.2, -0.15) is 0 Å². The third kappa shape index (κ3) is 7.38. The van der Waals surface area contributed by atoms with E-state index in [1.165, 1.54) is 25.7 Å². The zero-order valence-electron chi connectivity index (χ0n) is 13.7. The Morgan fingerprint density at radius 3 is 2.43 bits per heavy atom. The van der Waals surface area contributed by atoms with Crippen LogP contribution in [0.25, 0.3) is 0 Å². The molecular weight excluding hydrogens is 335 g/mol. The first kappa shape index (κ1) is 22.0. The molecule has 0 saturated carbocycles. The summed E-state index contributed by atoms with van der Waals surface area (Å²) in [6.07, 6.45) is 7.50. The molecule has 1 fully saturated rings. The van der Waals surface area contributed by atoms with Gasteiger partial charge in [-0.05, 0) is 38.3 Å². The number of amides is 1. The van der Waals surface area contributed by atoms with Crippen LogP contribution in [-0.4, -0.2) is 36.6 Å². The van der Waals surface area contributed by atoms with Crippen LogP contribution in [0.15, 0.2) is 18.3 Å². The molecule has 1 aromatic rings. The Morgan fingerprint density at radius 2 is 1.91 bits per heavy atom. The second kappa shape index (κ2) is 11.5. The van der Waals surface area contributed by atoms with Crippen LogP contribution in [0.4, 0.5) is 5.82 Å². The van der Waals surface area contributed by atoms with Gasteiger partial charge in [0.1, 0.15) is 5.82 Å². The highest BCUT2D eigenvalue weighted by atomic mass is 35.5. The number of hydrogen-bond acceptors (Lipinski definition) is 4. The Kier molecular flexibility index (Phi) is 11.0. The van der Waals surface area contributed by atoms with Crippen molar-refractivity contribution >= 4 is 36.5 Å². The number of pyridine rings is 1. The van der Waals surface area contributed by atoms with E-state index in [4.69, 9.17) is 5.73 Å². The monoisotopic (exact) mass is 362 g/mol. The molecule has 2 rings (SSSR count). The van der Waals surface area contributed by atoms with E-state index in [0.717, 1.165) is 25.3 Å². The van der Waals surface area contributed by atoms with Gasteiger partial charge in [-0.3, -0.25) is 4.79 Å². The first-order valence-corrected chi connectivity index (χ1v) is 7.91. The maximum absolute atomic E-state index is 12.0.